The maximum Gasteiger partial charge on any atom is 0.306 e. The Hall–Kier alpha value is -3.23. The summed E-state index contributed by atoms with van der Waals surface area (Å²) in [6, 6.07) is 6.41. The number of ether oxygens (including phenoxy) is 1. The molecule has 1 saturated heterocycles. The van der Waals surface area contributed by atoms with E-state index in [2.05, 4.69) is 36.7 Å². The molecule has 0 aliphatic carbocycles. The van der Waals surface area contributed by atoms with E-state index in [1.54, 1.807) is 19.3 Å². The number of aromatic nitrogens is 4. The molecule has 1 aliphatic heterocycles. The first-order valence-corrected chi connectivity index (χ1v) is 10.3. The number of pyridine rings is 1. The normalized spacial score (nSPS) is 17.9. The molecular formula is C21H26N6O3. The molecule has 4 rings (SSSR count). The molecular weight excluding hydrogens is 384 g/mol. The number of anilines is 2. The monoisotopic (exact) mass is 410 g/mol. The van der Waals surface area contributed by atoms with E-state index in [0.717, 1.165) is 37.4 Å². The van der Waals surface area contributed by atoms with Crippen LogP contribution in [0.5, 0.6) is 0 Å². The molecule has 0 bridgehead atoms. The Morgan fingerprint density at radius 2 is 2.13 bits per heavy atom. The number of hydrogen-bond acceptors (Lipinski definition) is 9. The predicted octanol–water partition coefficient (Wildman–Crippen LogP) is 3.13. The standard InChI is InChI=1S/C21H26N6O3/c1-4-6-18(28)29-15(3)19-22-10-8-17(25-19)27-12-11-26(13-14(27)2)21-24-16-7-5-9-23-20(16)30-21/h5,7-10,14-15H,4,6,11-13H2,1-3H3/t14?,15-/m1/s1. The fourth-order valence-corrected chi connectivity index (χ4v) is 3.60. The minimum absolute atomic E-state index is 0.183. The molecule has 2 atom stereocenters. The lowest BCUT2D eigenvalue weighted by Crippen LogP contribution is -2.52. The summed E-state index contributed by atoms with van der Waals surface area (Å²) in [6.45, 7) is 8.13. The Balaban J connectivity index is 1.45. The van der Waals surface area contributed by atoms with E-state index in [0.29, 0.717) is 24.0 Å². The van der Waals surface area contributed by atoms with E-state index >= 15 is 0 Å². The molecule has 0 N–H and O–H groups in total. The van der Waals surface area contributed by atoms with Gasteiger partial charge in [0.05, 0.1) is 0 Å². The van der Waals surface area contributed by atoms with Gasteiger partial charge in [-0.15, -0.1) is 0 Å². The van der Waals surface area contributed by atoms with Crippen LogP contribution in [-0.4, -0.2) is 51.6 Å². The quantitative estimate of drug-likeness (QED) is 0.568. The van der Waals surface area contributed by atoms with E-state index in [4.69, 9.17) is 9.15 Å². The van der Waals surface area contributed by atoms with Gasteiger partial charge < -0.3 is 19.0 Å². The topological polar surface area (TPSA) is 97.5 Å². The molecule has 0 aromatic carbocycles. The van der Waals surface area contributed by atoms with Crippen molar-refractivity contribution in [3.63, 3.8) is 0 Å². The summed E-state index contributed by atoms with van der Waals surface area (Å²) < 4.78 is 11.2. The molecule has 0 radical (unpaired) electrons. The van der Waals surface area contributed by atoms with Crippen LogP contribution in [0.4, 0.5) is 11.8 Å². The molecule has 4 heterocycles. The van der Waals surface area contributed by atoms with Crippen molar-refractivity contribution in [1.82, 2.24) is 19.9 Å². The van der Waals surface area contributed by atoms with E-state index in [1.807, 2.05) is 25.1 Å². The SMILES string of the molecule is CCCC(=O)O[C@H](C)c1nccc(N2CCN(c3nc4cccnc4o3)CC2C)n1. The van der Waals surface area contributed by atoms with Gasteiger partial charge in [-0.25, -0.2) is 15.0 Å². The second kappa shape index (κ2) is 8.64. The van der Waals surface area contributed by atoms with Gasteiger partial charge >= 0.3 is 5.97 Å². The highest BCUT2D eigenvalue weighted by atomic mass is 16.5. The molecule has 0 saturated carbocycles. The van der Waals surface area contributed by atoms with E-state index < -0.39 is 6.10 Å². The number of fused-ring (bicyclic) bond motifs is 1. The molecule has 0 amide bonds. The maximum absolute atomic E-state index is 11.8. The third kappa shape index (κ3) is 4.19. The van der Waals surface area contributed by atoms with Crippen LogP contribution in [0.1, 0.15) is 45.5 Å². The average Bonchev–Trinajstić information content (AvgIpc) is 3.18. The second-order valence-electron chi connectivity index (χ2n) is 7.47. The van der Waals surface area contributed by atoms with Crippen molar-refractivity contribution in [3.05, 3.63) is 36.4 Å². The van der Waals surface area contributed by atoms with Gasteiger partial charge in [0, 0.05) is 44.5 Å². The van der Waals surface area contributed by atoms with E-state index in [-0.39, 0.29) is 12.0 Å². The van der Waals surface area contributed by atoms with Crippen molar-refractivity contribution in [1.29, 1.82) is 0 Å². The zero-order valence-electron chi connectivity index (χ0n) is 17.5. The van der Waals surface area contributed by atoms with Crippen molar-refractivity contribution < 1.29 is 13.9 Å². The van der Waals surface area contributed by atoms with Crippen LogP contribution >= 0.6 is 0 Å². The highest BCUT2D eigenvalue weighted by molar-refractivity contribution is 5.70. The van der Waals surface area contributed by atoms with Crippen LogP contribution in [-0.2, 0) is 9.53 Å². The number of carbonyl (C=O) groups excluding carboxylic acids is 1. The van der Waals surface area contributed by atoms with Gasteiger partial charge in [0.25, 0.3) is 6.01 Å². The summed E-state index contributed by atoms with van der Waals surface area (Å²) in [6.07, 6.45) is 4.09. The highest BCUT2D eigenvalue weighted by Crippen LogP contribution is 2.25. The van der Waals surface area contributed by atoms with E-state index in [1.165, 1.54) is 0 Å². The van der Waals surface area contributed by atoms with Gasteiger partial charge in [0.2, 0.25) is 5.71 Å². The Labute approximate surface area is 175 Å². The van der Waals surface area contributed by atoms with Crippen molar-refractivity contribution in [2.45, 2.75) is 45.8 Å². The minimum atomic E-state index is -0.479. The van der Waals surface area contributed by atoms with Gasteiger partial charge in [-0.05, 0) is 38.5 Å². The first-order valence-electron chi connectivity index (χ1n) is 10.3. The smallest absolute Gasteiger partial charge is 0.306 e. The van der Waals surface area contributed by atoms with Crippen molar-refractivity contribution in [3.8, 4) is 0 Å². The lowest BCUT2D eigenvalue weighted by Gasteiger charge is -2.39. The number of oxazole rings is 1. The number of piperazine rings is 1. The molecule has 3 aromatic rings. The predicted molar refractivity (Wildman–Crippen MR) is 112 cm³/mol. The van der Waals surface area contributed by atoms with Gasteiger partial charge in [0.15, 0.2) is 11.9 Å². The van der Waals surface area contributed by atoms with Gasteiger partial charge in [-0.1, -0.05) is 6.92 Å². The zero-order valence-corrected chi connectivity index (χ0v) is 17.5. The lowest BCUT2D eigenvalue weighted by atomic mass is 10.2. The Morgan fingerprint density at radius 3 is 2.90 bits per heavy atom. The van der Waals surface area contributed by atoms with Crippen LogP contribution < -0.4 is 9.80 Å². The Kier molecular flexibility index (Phi) is 5.78. The molecule has 3 aromatic heterocycles. The van der Waals surface area contributed by atoms with E-state index in [9.17, 15) is 4.79 Å². The first-order chi connectivity index (χ1) is 14.5. The van der Waals surface area contributed by atoms with Crippen molar-refractivity contribution in [2.75, 3.05) is 29.4 Å². The number of esters is 1. The zero-order chi connectivity index (χ0) is 21.1. The number of hydrogen-bond donors (Lipinski definition) is 0. The third-order valence-corrected chi connectivity index (χ3v) is 5.13. The molecule has 30 heavy (non-hydrogen) atoms. The average molecular weight is 410 g/mol. The summed E-state index contributed by atoms with van der Waals surface area (Å²) in [5.41, 5.74) is 1.31. The summed E-state index contributed by atoms with van der Waals surface area (Å²) in [5, 5.41) is 0. The molecule has 1 fully saturated rings. The Bertz CT molecular complexity index is 990. The minimum Gasteiger partial charge on any atom is -0.454 e. The van der Waals surface area contributed by atoms with Gasteiger partial charge in [-0.2, -0.15) is 4.98 Å². The molecule has 1 aliphatic rings. The lowest BCUT2D eigenvalue weighted by molar-refractivity contribution is -0.149. The largest absolute Gasteiger partial charge is 0.454 e. The van der Waals surface area contributed by atoms with Crippen LogP contribution in [0.15, 0.2) is 35.0 Å². The third-order valence-electron chi connectivity index (χ3n) is 5.13. The van der Waals surface area contributed by atoms with Crippen molar-refractivity contribution >= 4 is 29.0 Å². The maximum atomic E-state index is 11.8. The van der Waals surface area contributed by atoms with Crippen LogP contribution in [0.25, 0.3) is 11.2 Å². The fourth-order valence-electron chi connectivity index (χ4n) is 3.60. The number of nitrogens with zero attached hydrogens (tertiary/aromatic N) is 6. The Morgan fingerprint density at radius 1 is 1.27 bits per heavy atom. The van der Waals surface area contributed by atoms with Gasteiger partial charge in [-0.3, -0.25) is 4.79 Å². The van der Waals surface area contributed by atoms with Crippen molar-refractivity contribution in [2.24, 2.45) is 0 Å². The summed E-state index contributed by atoms with van der Waals surface area (Å²) in [7, 11) is 0. The number of carbonyl (C=O) groups is 1. The summed E-state index contributed by atoms with van der Waals surface area (Å²) in [4.78, 5) is 33.9. The van der Waals surface area contributed by atoms with Crippen LogP contribution in [0.2, 0.25) is 0 Å². The summed E-state index contributed by atoms with van der Waals surface area (Å²) in [5.74, 6) is 1.11. The fraction of sp³-hybridized carbons (Fsp3) is 0.476. The number of rotatable bonds is 6. The highest BCUT2D eigenvalue weighted by Gasteiger charge is 2.28. The second-order valence-corrected chi connectivity index (χ2v) is 7.47. The van der Waals surface area contributed by atoms with Gasteiger partial charge in [0.1, 0.15) is 11.3 Å². The first kappa shape index (κ1) is 20.1. The molecule has 0 spiro atoms. The molecule has 9 nitrogen and oxygen atoms in total. The summed E-state index contributed by atoms with van der Waals surface area (Å²) >= 11 is 0. The molecule has 9 heteroatoms. The van der Waals surface area contributed by atoms with Crippen LogP contribution in [0, 0.1) is 0 Å². The molecule has 1 unspecified atom stereocenters. The molecule has 158 valence electrons. The van der Waals surface area contributed by atoms with Crippen LogP contribution in [0.3, 0.4) is 0 Å².